The minimum atomic E-state index is -0.902. The van der Waals surface area contributed by atoms with Gasteiger partial charge in [0.1, 0.15) is 0 Å². The normalized spacial score (nSPS) is 12.3. The average Bonchev–Trinajstić information content (AvgIpc) is 2.89. The minimum Gasteiger partial charge on any atom is -0.478 e. The third-order valence-electron chi connectivity index (χ3n) is 4.15. The summed E-state index contributed by atoms with van der Waals surface area (Å²) in [6.45, 7) is 6.29. The highest BCUT2D eigenvalue weighted by atomic mass is 16.4. The van der Waals surface area contributed by atoms with E-state index in [4.69, 9.17) is 5.11 Å². The summed E-state index contributed by atoms with van der Waals surface area (Å²) in [6, 6.07) is 8.89. The first-order valence-corrected chi connectivity index (χ1v) is 8.09. The molecule has 3 heteroatoms. The Labute approximate surface area is 132 Å². The van der Waals surface area contributed by atoms with Crippen molar-refractivity contribution in [3.8, 4) is 0 Å². The molecule has 1 N–H and O–H groups in total. The monoisotopic (exact) mass is 299 g/mol. The number of hydrogen-bond acceptors (Lipinski definition) is 1. The van der Waals surface area contributed by atoms with E-state index in [1.807, 2.05) is 13.0 Å². The van der Waals surface area contributed by atoms with Gasteiger partial charge in [0.15, 0.2) is 0 Å². The Morgan fingerprint density at radius 2 is 1.91 bits per heavy atom. The molecule has 22 heavy (non-hydrogen) atoms. The number of rotatable bonds is 7. The number of fused-ring (bicyclic) bond motifs is 1. The van der Waals surface area contributed by atoms with Crippen molar-refractivity contribution in [2.75, 3.05) is 0 Å². The Hall–Kier alpha value is -2.03. The summed E-state index contributed by atoms with van der Waals surface area (Å²) in [5.74, 6) is -0.902. The number of benzene rings is 1. The molecule has 2 aromatic rings. The fourth-order valence-corrected chi connectivity index (χ4v) is 3.09. The first-order chi connectivity index (χ1) is 10.6. The highest BCUT2D eigenvalue weighted by molar-refractivity contribution is 5.91. The zero-order valence-electron chi connectivity index (χ0n) is 13.7. The molecule has 0 aliphatic rings. The number of carboxylic acids is 1. The highest BCUT2D eigenvalue weighted by Gasteiger charge is 2.12. The van der Waals surface area contributed by atoms with E-state index in [-0.39, 0.29) is 0 Å². The molecule has 0 radical (unpaired) electrons. The first-order valence-electron chi connectivity index (χ1n) is 8.09. The lowest BCUT2D eigenvalue weighted by molar-refractivity contribution is -0.131. The number of carbonyl (C=O) groups is 1. The summed E-state index contributed by atoms with van der Waals surface area (Å²) in [5.41, 5.74) is 2.98. The van der Waals surface area contributed by atoms with Crippen molar-refractivity contribution in [2.24, 2.45) is 0 Å². The van der Waals surface area contributed by atoms with E-state index in [0.29, 0.717) is 6.04 Å². The molecular weight excluding hydrogens is 274 g/mol. The fourth-order valence-electron chi connectivity index (χ4n) is 3.09. The van der Waals surface area contributed by atoms with Gasteiger partial charge in [0.2, 0.25) is 0 Å². The van der Waals surface area contributed by atoms with Crippen molar-refractivity contribution in [1.82, 2.24) is 4.57 Å². The van der Waals surface area contributed by atoms with Crippen LogP contribution in [0.5, 0.6) is 0 Å². The first kappa shape index (κ1) is 16.3. The smallest absolute Gasteiger partial charge is 0.328 e. The molecular formula is C19H25NO2. The minimum absolute atomic E-state index is 0.550. The van der Waals surface area contributed by atoms with E-state index in [1.165, 1.54) is 42.7 Å². The van der Waals surface area contributed by atoms with Crippen LogP contribution in [0, 0.1) is 0 Å². The van der Waals surface area contributed by atoms with Crippen molar-refractivity contribution >= 4 is 22.4 Å². The molecule has 3 nitrogen and oxygen atoms in total. The zero-order chi connectivity index (χ0) is 16.1. The summed E-state index contributed by atoms with van der Waals surface area (Å²) in [5, 5.41) is 10.0. The maximum absolute atomic E-state index is 10.8. The Balaban J connectivity index is 2.39. The Morgan fingerprint density at radius 3 is 2.50 bits per heavy atom. The van der Waals surface area contributed by atoms with Gasteiger partial charge in [-0.05, 0) is 49.1 Å². The van der Waals surface area contributed by atoms with Crippen LogP contribution in [-0.2, 0) is 4.79 Å². The molecule has 0 saturated heterocycles. The number of aliphatic carboxylic acids is 1. The molecule has 0 spiro atoms. The van der Waals surface area contributed by atoms with Gasteiger partial charge in [0, 0.05) is 29.2 Å². The lowest BCUT2D eigenvalue weighted by Gasteiger charge is -2.19. The second-order valence-corrected chi connectivity index (χ2v) is 5.89. The van der Waals surface area contributed by atoms with Gasteiger partial charge in [-0.15, -0.1) is 0 Å². The van der Waals surface area contributed by atoms with E-state index in [9.17, 15) is 4.79 Å². The molecule has 0 aliphatic carbocycles. The van der Waals surface area contributed by atoms with Crippen LogP contribution in [0.4, 0.5) is 0 Å². The van der Waals surface area contributed by atoms with E-state index < -0.39 is 5.97 Å². The van der Waals surface area contributed by atoms with Crippen molar-refractivity contribution in [3.05, 3.63) is 42.1 Å². The van der Waals surface area contributed by atoms with Crippen LogP contribution >= 0.6 is 0 Å². The van der Waals surface area contributed by atoms with Gasteiger partial charge in [0.25, 0.3) is 0 Å². The van der Waals surface area contributed by atoms with Gasteiger partial charge < -0.3 is 9.67 Å². The molecule has 0 fully saturated rings. The van der Waals surface area contributed by atoms with Crippen LogP contribution < -0.4 is 0 Å². The molecule has 0 saturated carbocycles. The number of nitrogens with zero attached hydrogens (tertiary/aromatic N) is 1. The van der Waals surface area contributed by atoms with Gasteiger partial charge in [-0.25, -0.2) is 4.79 Å². The van der Waals surface area contributed by atoms with Crippen molar-refractivity contribution in [1.29, 1.82) is 0 Å². The van der Waals surface area contributed by atoms with E-state index in [2.05, 4.69) is 42.8 Å². The van der Waals surface area contributed by atoms with Crippen LogP contribution in [-0.4, -0.2) is 15.6 Å². The lowest BCUT2D eigenvalue weighted by atomic mass is 10.0. The summed E-state index contributed by atoms with van der Waals surface area (Å²) in [4.78, 5) is 10.8. The maximum atomic E-state index is 10.8. The summed E-state index contributed by atoms with van der Waals surface area (Å²) in [6.07, 6.45) is 8.18. The quantitative estimate of drug-likeness (QED) is 0.708. The molecule has 0 aliphatic heterocycles. The Morgan fingerprint density at radius 1 is 1.23 bits per heavy atom. The summed E-state index contributed by atoms with van der Waals surface area (Å²) >= 11 is 0. The lowest BCUT2D eigenvalue weighted by Crippen LogP contribution is -2.07. The van der Waals surface area contributed by atoms with Crippen molar-refractivity contribution in [3.63, 3.8) is 0 Å². The Bertz CT molecular complexity index is 676. The molecule has 0 bridgehead atoms. The topological polar surface area (TPSA) is 42.2 Å². The predicted octanol–water partition coefficient (Wildman–Crippen LogP) is 5.27. The number of aromatic nitrogens is 1. The number of carboxylic acid groups (broad SMARTS) is 1. The Kier molecular flexibility index (Phi) is 5.42. The largest absolute Gasteiger partial charge is 0.478 e. The van der Waals surface area contributed by atoms with Gasteiger partial charge >= 0.3 is 5.97 Å². The van der Waals surface area contributed by atoms with Crippen molar-refractivity contribution in [2.45, 2.75) is 52.5 Å². The van der Waals surface area contributed by atoms with Crippen LogP contribution in [0.2, 0.25) is 0 Å². The third-order valence-corrected chi connectivity index (χ3v) is 4.15. The third kappa shape index (κ3) is 3.59. The van der Waals surface area contributed by atoms with Crippen LogP contribution in [0.15, 0.2) is 36.5 Å². The van der Waals surface area contributed by atoms with Crippen molar-refractivity contribution < 1.29 is 9.90 Å². The van der Waals surface area contributed by atoms with Crippen LogP contribution in [0.25, 0.3) is 16.5 Å². The summed E-state index contributed by atoms with van der Waals surface area (Å²) < 4.78 is 2.38. The molecule has 0 unspecified atom stereocenters. The SMILES string of the molecule is CCCC(CCC)n1ccc2cc(/C(C)=C/C(=O)O)ccc21. The number of hydrogen-bond donors (Lipinski definition) is 1. The molecule has 1 aromatic heterocycles. The van der Waals surface area contributed by atoms with Gasteiger partial charge in [-0.3, -0.25) is 0 Å². The highest BCUT2D eigenvalue weighted by Crippen LogP contribution is 2.28. The van der Waals surface area contributed by atoms with E-state index >= 15 is 0 Å². The van der Waals surface area contributed by atoms with Gasteiger partial charge in [0.05, 0.1) is 0 Å². The fraction of sp³-hybridized carbons (Fsp3) is 0.421. The standard InChI is InChI=1S/C19H25NO2/c1-4-6-17(7-5-2)20-11-10-16-13-15(8-9-18(16)20)14(3)12-19(21)22/h8-13,17H,4-7H2,1-3H3,(H,21,22)/b14-12+. The zero-order valence-corrected chi connectivity index (χ0v) is 13.7. The molecule has 0 amide bonds. The summed E-state index contributed by atoms with van der Waals surface area (Å²) in [7, 11) is 0. The maximum Gasteiger partial charge on any atom is 0.328 e. The predicted molar refractivity (Wildman–Crippen MR) is 92.1 cm³/mol. The molecule has 118 valence electrons. The second kappa shape index (κ2) is 7.30. The van der Waals surface area contributed by atoms with Crippen LogP contribution in [0.1, 0.15) is 58.1 Å². The molecule has 1 aromatic carbocycles. The van der Waals surface area contributed by atoms with Crippen LogP contribution in [0.3, 0.4) is 0 Å². The molecule has 0 atom stereocenters. The van der Waals surface area contributed by atoms with Gasteiger partial charge in [-0.1, -0.05) is 32.8 Å². The van der Waals surface area contributed by atoms with E-state index in [1.54, 1.807) is 0 Å². The second-order valence-electron chi connectivity index (χ2n) is 5.89. The van der Waals surface area contributed by atoms with E-state index in [0.717, 1.165) is 11.1 Å². The molecule has 1 heterocycles. The average molecular weight is 299 g/mol. The van der Waals surface area contributed by atoms with Gasteiger partial charge in [-0.2, -0.15) is 0 Å². The number of allylic oxidation sites excluding steroid dienone is 1. The molecule has 2 rings (SSSR count).